The number of nitriles is 1. The Balaban J connectivity index is 2.03. The maximum absolute atomic E-state index is 8.94. The molecule has 1 aromatic rings. The smallest absolute Gasteiger partial charge is 0.0992 e. The van der Waals surface area contributed by atoms with Crippen LogP contribution >= 0.6 is 0 Å². The van der Waals surface area contributed by atoms with Crippen LogP contribution in [0.15, 0.2) is 24.3 Å². The standard InChI is InChI=1S/C15H21N3/c1-17-13-6-8-14(9-7-13)18(2)15-5-3-4-12(10-15)11-16/h3-5,10,13-14,17H,6-9H2,1-2H3. The average molecular weight is 243 g/mol. The molecule has 96 valence electrons. The molecule has 2 rings (SSSR count). The van der Waals surface area contributed by atoms with E-state index >= 15 is 0 Å². The Labute approximate surface area is 109 Å². The molecule has 0 bridgehead atoms. The highest BCUT2D eigenvalue weighted by molar-refractivity contribution is 5.51. The zero-order valence-electron chi connectivity index (χ0n) is 11.2. The van der Waals surface area contributed by atoms with Crippen molar-refractivity contribution in [2.24, 2.45) is 0 Å². The highest BCUT2D eigenvalue weighted by Gasteiger charge is 2.23. The summed E-state index contributed by atoms with van der Waals surface area (Å²) < 4.78 is 0. The molecule has 0 spiro atoms. The third kappa shape index (κ3) is 2.83. The van der Waals surface area contributed by atoms with E-state index in [0.717, 1.165) is 11.3 Å². The highest BCUT2D eigenvalue weighted by atomic mass is 15.1. The molecule has 0 saturated heterocycles. The second-order valence-corrected chi connectivity index (χ2v) is 5.07. The molecule has 0 atom stereocenters. The number of anilines is 1. The summed E-state index contributed by atoms with van der Waals surface area (Å²) in [4.78, 5) is 2.33. The van der Waals surface area contributed by atoms with Crippen LogP contribution in [0.25, 0.3) is 0 Å². The van der Waals surface area contributed by atoms with Crippen LogP contribution in [-0.4, -0.2) is 26.2 Å². The minimum absolute atomic E-state index is 0.601. The van der Waals surface area contributed by atoms with Crippen LogP contribution in [0.5, 0.6) is 0 Å². The average Bonchev–Trinajstić information content (AvgIpc) is 2.46. The fourth-order valence-electron chi connectivity index (χ4n) is 2.76. The highest BCUT2D eigenvalue weighted by Crippen LogP contribution is 2.26. The summed E-state index contributed by atoms with van der Waals surface area (Å²) in [5.74, 6) is 0. The second kappa shape index (κ2) is 5.88. The molecule has 3 nitrogen and oxygen atoms in total. The molecule has 0 heterocycles. The molecule has 3 heteroatoms. The molecule has 0 amide bonds. The molecule has 1 saturated carbocycles. The lowest BCUT2D eigenvalue weighted by Crippen LogP contribution is -2.39. The van der Waals surface area contributed by atoms with Crippen molar-refractivity contribution >= 4 is 5.69 Å². The largest absolute Gasteiger partial charge is 0.372 e. The maximum Gasteiger partial charge on any atom is 0.0992 e. The summed E-state index contributed by atoms with van der Waals surface area (Å²) in [6.45, 7) is 0. The van der Waals surface area contributed by atoms with Crippen molar-refractivity contribution in [3.05, 3.63) is 29.8 Å². The third-order valence-electron chi connectivity index (χ3n) is 4.04. The van der Waals surface area contributed by atoms with E-state index < -0.39 is 0 Å². The van der Waals surface area contributed by atoms with Gasteiger partial charge in [0.2, 0.25) is 0 Å². The lowest BCUT2D eigenvalue weighted by molar-refractivity contribution is 0.351. The summed E-state index contributed by atoms with van der Waals surface area (Å²) >= 11 is 0. The fraction of sp³-hybridized carbons (Fsp3) is 0.533. The molecule has 0 aromatic heterocycles. The summed E-state index contributed by atoms with van der Waals surface area (Å²) in [5, 5.41) is 12.3. The van der Waals surface area contributed by atoms with Gasteiger partial charge in [-0.05, 0) is 50.9 Å². The van der Waals surface area contributed by atoms with Crippen molar-refractivity contribution in [3.63, 3.8) is 0 Å². The Kier molecular flexibility index (Phi) is 4.22. The molecule has 0 unspecified atom stereocenters. The third-order valence-corrected chi connectivity index (χ3v) is 4.04. The van der Waals surface area contributed by atoms with Gasteiger partial charge in [-0.2, -0.15) is 5.26 Å². The molecular formula is C15H21N3. The topological polar surface area (TPSA) is 39.1 Å². The summed E-state index contributed by atoms with van der Waals surface area (Å²) in [6.07, 6.45) is 4.92. The van der Waals surface area contributed by atoms with E-state index in [4.69, 9.17) is 5.26 Å². The quantitative estimate of drug-likeness (QED) is 0.886. The van der Waals surface area contributed by atoms with E-state index in [1.165, 1.54) is 25.7 Å². The van der Waals surface area contributed by atoms with E-state index in [-0.39, 0.29) is 0 Å². The summed E-state index contributed by atoms with van der Waals surface area (Å²) in [6, 6.07) is 11.4. The van der Waals surface area contributed by atoms with Gasteiger partial charge in [-0.15, -0.1) is 0 Å². The van der Waals surface area contributed by atoms with E-state index in [1.807, 2.05) is 25.2 Å². The van der Waals surface area contributed by atoms with Crippen molar-refractivity contribution in [3.8, 4) is 6.07 Å². The Hall–Kier alpha value is -1.53. The van der Waals surface area contributed by atoms with Gasteiger partial charge in [-0.3, -0.25) is 0 Å². The van der Waals surface area contributed by atoms with E-state index in [9.17, 15) is 0 Å². The van der Waals surface area contributed by atoms with Crippen LogP contribution in [0.1, 0.15) is 31.2 Å². The van der Waals surface area contributed by atoms with Gasteiger partial charge in [0.1, 0.15) is 0 Å². The lowest BCUT2D eigenvalue weighted by Gasteiger charge is -2.36. The SMILES string of the molecule is CNC1CCC(N(C)c2cccc(C#N)c2)CC1. The van der Waals surface area contributed by atoms with Crippen LogP contribution in [0.2, 0.25) is 0 Å². The molecular weight excluding hydrogens is 222 g/mol. The Morgan fingerprint density at radius 2 is 2.00 bits per heavy atom. The lowest BCUT2D eigenvalue weighted by atomic mass is 9.90. The molecule has 18 heavy (non-hydrogen) atoms. The van der Waals surface area contributed by atoms with Gasteiger partial charge in [0.25, 0.3) is 0 Å². The fourth-order valence-corrected chi connectivity index (χ4v) is 2.76. The van der Waals surface area contributed by atoms with Crippen molar-refractivity contribution in [1.29, 1.82) is 5.26 Å². The predicted molar refractivity (Wildman–Crippen MR) is 74.7 cm³/mol. The van der Waals surface area contributed by atoms with Crippen molar-refractivity contribution in [1.82, 2.24) is 5.32 Å². The first-order chi connectivity index (χ1) is 8.74. The zero-order chi connectivity index (χ0) is 13.0. The molecule has 1 fully saturated rings. The number of hydrogen-bond acceptors (Lipinski definition) is 3. The number of nitrogens with zero attached hydrogens (tertiary/aromatic N) is 2. The Morgan fingerprint density at radius 3 is 2.61 bits per heavy atom. The van der Waals surface area contributed by atoms with E-state index in [0.29, 0.717) is 12.1 Å². The molecule has 0 aliphatic heterocycles. The van der Waals surface area contributed by atoms with Gasteiger partial charge in [0.05, 0.1) is 11.6 Å². The first kappa shape index (κ1) is 12.9. The van der Waals surface area contributed by atoms with Gasteiger partial charge >= 0.3 is 0 Å². The van der Waals surface area contributed by atoms with E-state index in [1.54, 1.807) is 0 Å². The van der Waals surface area contributed by atoms with Crippen molar-refractivity contribution in [2.45, 2.75) is 37.8 Å². The minimum Gasteiger partial charge on any atom is -0.372 e. The van der Waals surface area contributed by atoms with Gasteiger partial charge in [-0.1, -0.05) is 6.07 Å². The van der Waals surface area contributed by atoms with Crippen LogP contribution in [0.3, 0.4) is 0 Å². The van der Waals surface area contributed by atoms with Crippen LogP contribution in [0, 0.1) is 11.3 Å². The van der Waals surface area contributed by atoms with Crippen LogP contribution in [-0.2, 0) is 0 Å². The predicted octanol–water partition coefficient (Wildman–Crippen LogP) is 2.53. The minimum atomic E-state index is 0.601. The van der Waals surface area contributed by atoms with Crippen molar-refractivity contribution in [2.75, 3.05) is 19.0 Å². The summed E-state index contributed by atoms with van der Waals surface area (Å²) in [7, 11) is 4.19. The Morgan fingerprint density at radius 1 is 1.28 bits per heavy atom. The van der Waals surface area contributed by atoms with E-state index in [2.05, 4.69) is 29.4 Å². The molecule has 1 aliphatic rings. The molecule has 1 N–H and O–H groups in total. The zero-order valence-corrected chi connectivity index (χ0v) is 11.2. The number of rotatable bonds is 3. The number of nitrogens with one attached hydrogen (secondary N) is 1. The Bertz CT molecular complexity index is 428. The molecule has 1 aromatic carbocycles. The first-order valence-electron chi connectivity index (χ1n) is 6.65. The van der Waals surface area contributed by atoms with Crippen molar-refractivity contribution < 1.29 is 0 Å². The second-order valence-electron chi connectivity index (χ2n) is 5.07. The number of hydrogen-bond donors (Lipinski definition) is 1. The maximum atomic E-state index is 8.94. The van der Waals surface area contributed by atoms with Gasteiger partial charge in [0.15, 0.2) is 0 Å². The van der Waals surface area contributed by atoms with Gasteiger partial charge in [-0.25, -0.2) is 0 Å². The van der Waals surface area contributed by atoms with Gasteiger partial charge < -0.3 is 10.2 Å². The number of benzene rings is 1. The van der Waals surface area contributed by atoms with Crippen LogP contribution < -0.4 is 10.2 Å². The first-order valence-corrected chi connectivity index (χ1v) is 6.65. The van der Waals surface area contributed by atoms with Gasteiger partial charge in [0, 0.05) is 24.8 Å². The van der Waals surface area contributed by atoms with Crippen LogP contribution in [0.4, 0.5) is 5.69 Å². The monoisotopic (exact) mass is 243 g/mol. The summed E-state index contributed by atoms with van der Waals surface area (Å²) in [5.41, 5.74) is 1.89. The molecule has 0 radical (unpaired) electrons. The normalized spacial score (nSPS) is 23.4. The molecule has 1 aliphatic carbocycles.